The summed E-state index contributed by atoms with van der Waals surface area (Å²) in [6, 6.07) is 20.6. The zero-order valence-corrected chi connectivity index (χ0v) is 30.5. The number of urea groups is 1. The summed E-state index contributed by atoms with van der Waals surface area (Å²) in [5.41, 5.74) is 1.27. The topological polar surface area (TPSA) is 138 Å². The first-order valence-electron chi connectivity index (χ1n) is 16.9. The lowest BCUT2D eigenvalue weighted by atomic mass is 10.0. The predicted molar refractivity (Wildman–Crippen MR) is 198 cm³/mol. The van der Waals surface area contributed by atoms with Crippen LogP contribution in [0.5, 0.6) is 5.75 Å². The number of hydrogen-bond acceptors (Lipinski definition) is 8. The van der Waals surface area contributed by atoms with Crippen molar-refractivity contribution in [3.05, 3.63) is 83.7 Å². The van der Waals surface area contributed by atoms with Gasteiger partial charge in [0.1, 0.15) is 9.96 Å². The highest BCUT2D eigenvalue weighted by Crippen LogP contribution is 2.30. The minimum Gasteiger partial charge on any atom is -0.490 e. The molecule has 0 saturated carbocycles. The van der Waals surface area contributed by atoms with Crippen LogP contribution in [0, 0.1) is 5.92 Å². The number of nitrogens with zero attached hydrogens (tertiary/aromatic N) is 2. The summed E-state index contributed by atoms with van der Waals surface area (Å²) >= 11 is 1.16. The minimum atomic E-state index is -3.72. The van der Waals surface area contributed by atoms with Crippen molar-refractivity contribution in [3.63, 3.8) is 0 Å². The maximum Gasteiger partial charge on any atom is 0.323 e. The smallest absolute Gasteiger partial charge is 0.323 e. The zero-order chi connectivity index (χ0) is 35.8. The zero-order valence-electron chi connectivity index (χ0n) is 28.9. The third kappa shape index (κ3) is 9.01. The molecule has 268 valence electrons. The van der Waals surface area contributed by atoms with E-state index < -0.39 is 34.1 Å². The number of anilines is 2. The summed E-state index contributed by atoms with van der Waals surface area (Å²) in [5.74, 6) is -0.334. The molecule has 13 heteroatoms. The number of benzene rings is 3. The molecule has 0 fully saturated rings. The molecule has 4 aromatic rings. The van der Waals surface area contributed by atoms with Gasteiger partial charge in [-0.3, -0.25) is 4.79 Å². The third-order valence-corrected chi connectivity index (χ3v) is 12.1. The van der Waals surface area contributed by atoms with E-state index in [1.165, 1.54) is 11.4 Å². The van der Waals surface area contributed by atoms with Crippen LogP contribution >= 0.6 is 11.3 Å². The van der Waals surface area contributed by atoms with Crippen molar-refractivity contribution in [2.45, 2.75) is 62.5 Å². The summed E-state index contributed by atoms with van der Waals surface area (Å²) in [7, 11) is -2.19. The van der Waals surface area contributed by atoms with Crippen molar-refractivity contribution in [1.29, 1.82) is 0 Å². The molecular formula is C37H46N4O7S2. The highest BCUT2D eigenvalue weighted by atomic mass is 32.2. The molecule has 0 radical (unpaired) electrons. The van der Waals surface area contributed by atoms with E-state index in [4.69, 9.17) is 9.47 Å². The second-order valence-electron chi connectivity index (χ2n) is 12.8. The van der Waals surface area contributed by atoms with Crippen molar-refractivity contribution < 1.29 is 32.6 Å². The molecule has 0 spiro atoms. The first-order valence-corrected chi connectivity index (χ1v) is 19.2. The lowest BCUT2D eigenvalue weighted by Gasteiger charge is -2.35. The highest BCUT2D eigenvalue weighted by molar-refractivity contribution is 7.91. The van der Waals surface area contributed by atoms with Crippen molar-refractivity contribution in [2.24, 2.45) is 5.92 Å². The van der Waals surface area contributed by atoms with Crippen molar-refractivity contribution >= 4 is 55.4 Å². The molecule has 5 rings (SSSR count). The summed E-state index contributed by atoms with van der Waals surface area (Å²) in [6.07, 6.45) is 1.50. The van der Waals surface area contributed by atoms with Crippen molar-refractivity contribution in [2.75, 3.05) is 44.0 Å². The van der Waals surface area contributed by atoms with E-state index in [0.29, 0.717) is 30.2 Å². The van der Waals surface area contributed by atoms with E-state index in [1.54, 1.807) is 47.5 Å². The van der Waals surface area contributed by atoms with Crippen LogP contribution in [0.1, 0.15) is 50.4 Å². The van der Waals surface area contributed by atoms with Crippen LogP contribution in [0.15, 0.2) is 82.4 Å². The molecule has 0 saturated heterocycles. The highest BCUT2D eigenvalue weighted by Gasteiger charge is 2.32. The summed E-state index contributed by atoms with van der Waals surface area (Å²) in [5, 5.41) is 19.6. The number of ether oxygens (including phenoxy) is 2. The normalized spacial score (nSPS) is 20.1. The average Bonchev–Trinajstić information content (AvgIpc) is 3.66. The maximum absolute atomic E-state index is 14.4. The lowest BCUT2D eigenvalue weighted by Crippen LogP contribution is -2.48. The van der Waals surface area contributed by atoms with Gasteiger partial charge in [0, 0.05) is 43.7 Å². The summed E-state index contributed by atoms with van der Waals surface area (Å²) < 4.78 is 40.7. The standard InChI is InChI=1S/C37H46N4O7S2/c1-25-22-41(26(2)24-42)36(43)31-21-29(38-37(44)39-32-15-9-13-28-12-5-6-14-30(28)32)17-18-33(31)48-27(3)11-7-8-19-47-34(25)23-40(4)50(45,46)35-16-10-20-49-35/h5-6,9-10,12-18,20-21,25-27,34,42H,7-8,11,19,22-24H2,1-4H3,(H2,38,39,44)/t25-,26+,27-,34+/m1/s1. The number of rotatable bonds is 8. The monoisotopic (exact) mass is 722 g/mol. The van der Waals surface area contributed by atoms with E-state index in [-0.39, 0.29) is 41.5 Å². The Morgan fingerprint density at radius 1 is 1.06 bits per heavy atom. The van der Waals surface area contributed by atoms with Gasteiger partial charge in [0.25, 0.3) is 15.9 Å². The molecule has 50 heavy (non-hydrogen) atoms. The molecule has 1 aromatic heterocycles. The van der Waals surface area contributed by atoms with Gasteiger partial charge >= 0.3 is 6.03 Å². The van der Waals surface area contributed by atoms with Crippen molar-refractivity contribution in [3.8, 4) is 5.75 Å². The van der Waals surface area contributed by atoms with Crippen LogP contribution in [-0.2, 0) is 14.8 Å². The second kappa shape index (κ2) is 16.8. The number of amides is 3. The van der Waals surface area contributed by atoms with E-state index >= 15 is 0 Å². The predicted octanol–water partition coefficient (Wildman–Crippen LogP) is 6.66. The van der Waals surface area contributed by atoms with Crippen LogP contribution in [0.3, 0.4) is 0 Å². The van der Waals surface area contributed by atoms with Gasteiger partial charge in [-0.05, 0) is 74.2 Å². The fraction of sp³-hybridized carbons (Fsp3) is 0.405. The number of carbonyl (C=O) groups is 2. The maximum atomic E-state index is 14.4. The Labute approximate surface area is 298 Å². The molecule has 1 aliphatic heterocycles. The molecular weight excluding hydrogens is 677 g/mol. The Balaban J connectivity index is 1.42. The number of hydrogen-bond donors (Lipinski definition) is 3. The average molecular weight is 723 g/mol. The molecule has 0 aliphatic carbocycles. The molecule has 3 aromatic carbocycles. The molecule has 2 heterocycles. The first kappa shape index (κ1) is 37.3. The SMILES string of the molecule is C[C@@H]1CCCCO[C@@H](CN(C)S(=O)(=O)c2cccs2)[C@H](C)CN([C@@H](C)CO)C(=O)c2cc(NC(=O)Nc3cccc4ccccc34)ccc2O1. The van der Waals surface area contributed by atoms with Crippen LogP contribution in [-0.4, -0.2) is 86.3 Å². The first-order chi connectivity index (χ1) is 24.0. The number of sulfonamides is 1. The van der Waals surface area contributed by atoms with Crippen LogP contribution in [0.4, 0.5) is 16.2 Å². The Morgan fingerprint density at radius 3 is 2.60 bits per heavy atom. The van der Waals surface area contributed by atoms with Crippen LogP contribution in [0.2, 0.25) is 0 Å². The van der Waals surface area contributed by atoms with Gasteiger partial charge in [-0.15, -0.1) is 11.3 Å². The number of aliphatic hydroxyl groups is 1. The molecule has 0 bridgehead atoms. The van der Waals surface area contributed by atoms with Gasteiger partial charge < -0.3 is 30.1 Å². The van der Waals surface area contributed by atoms with E-state index in [9.17, 15) is 23.1 Å². The van der Waals surface area contributed by atoms with Gasteiger partial charge in [-0.2, -0.15) is 4.31 Å². The Morgan fingerprint density at radius 2 is 1.84 bits per heavy atom. The lowest BCUT2D eigenvalue weighted by molar-refractivity contribution is -0.00832. The molecule has 0 unspecified atom stereocenters. The minimum absolute atomic E-state index is 0.0902. The Bertz CT molecular complexity index is 1860. The number of likely N-dealkylation sites (N-methyl/N-ethyl adjacent to an activating group) is 1. The Hall–Kier alpha value is -4.01. The number of nitrogens with one attached hydrogen (secondary N) is 2. The summed E-state index contributed by atoms with van der Waals surface area (Å²) in [4.78, 5) is 29.2. The summed E-state index contributed by atoms with van der Waals surface area (Å²) in [6.45, 7) is 5.99. The van der Waals surface area contributed by atoms with Crippen molar-refractivity contribution in [1.82, 2.24) is 9.21 Å². The third-order valence-electron chi connectivity index (χ3n) is 8.94. The van der Waals surface area contributed by atoms with Gasteiger partial charge in [0.05, 0.1) is 36.1 Å². The van der Waals surface area contributed by atoms with E-state index in [0.717, 1.165) is 35.0 Å². The number of fused-ring (bicyclic) bond motifs is 2. The number of carbonyl (C=O) groups excluding carboxylic acids is 2. The van der Waals surface area contributed by atoms with Gasteiger partial charge in [-0.1, -0.05) is 49.4 Å². The molecule has 3 amide bonds. The molecule has 3 N–H and O–H groups in total. The van der Waals surface area contributed by atoms with Gasteiger partial charge in [-0.25, -0.2) is 13.2 Å². The van der Waals surface area contributed by atoms with Crippen LogP contribution < -0.4 is 15.4 Å². The number of aliphatic hydroxyl groups excluding tert-OH is 1. The second-order valence-corrected chi connectivity index (χ2v) is 16.1. The fourth-order valence-electron chi connectivity index (χ4n) is 6.00. The van der Waals surface area contributed by atoms with Gasteiger partial charge in [0.15, 0.2) is 0 Å². The van der Waals surface area contributed by atoms with E-state index in [2.05, 4.69) is 10.6 Å². The largest absolute Gasteiger partial charge is 0.490 e. The number of thiophene rings is 1. The fourth-order valence-corrected chi connectivity index (χ4v) is 8.38. The Kier molecular flexibility index (Phi) is 12.5. The molecule has 11 nitrogen and oxygen atoms in total. The van der Waals surface area contributed by atoms with Gasteiger partial charge in [0.2, 0.25) is 0 Å². The van der Waals surface area contributed by atoms with E-state index in [1.807, 2.05) is 56.3 Å². The quantitative estimate of drug-likeness (QED) is 0.185. The molecule has 1 aliphatic rings. The van der Waals surface area contributed by atoms with Crippen LogP contribution in [0.25, 0.3) is 10.8 Å². The molecule has 4 atom stereocenters.